The van der Waals surface area contributed by atoms with Crippen LogP contribution in [0.1, 0.15) is 29.6 Å². The van der Waals surface area contributed by atoms with E-state index >= 15 is 0 Å². The monoisotopic (exact) mass is 346 g/mol. The molecule has 2 aromatic rings. The van der Waals surface area contributed by atoms with Gasteiger partial charge in [0.25, 0.3) is 0 Å². The normalized spacial score (nSPS) is 11.5. The average Bonchev–Trinajstić information content (AvgIpc) is 2.97. The highest BCUT2D eigenvalue weighted by molar-refractivity contribution is 7.09. The maximum absolute atomic E-state index is 9.30. The fourth-order valence-corrected chi connectivity index (χ4v) is 3.00. The van der Waals surface area contributed by atoms with Gasteiger partial charge in [0.2, 0.25) is 0 Å². The molecule has 0 radical (unpaired) electrons. The lowest BCUT2D eigenvalue weighted by atomic mass is 10.1. The highest BCUT2D eigenvalue weighted by Crippen LogP contribution is 2.12. The molecule has 5 nitrogen and oxygen atoms in total. The lowest BCUT2D eigenvalue weighted by molar-refractivity contribution is 0.470. The third-order valence-corrected chi connectivity index (χ3v) is 4.41. The van der Waals surface area contributed by atoms with Gasteiger partial charge in [0, 0.05) is 25.5 Å². The van der Waals surface area contributed by atoms with Crippen molar-refractivity contribution in [1.29, 1.82) is 0 Å². The summed E-state index contributed by atoms with van der Waals surface area (Å²) in [6.07, 6.45) is 1.93. The van der Waals surface area contributed by atoms with Crippen LogP contribution in [0.4, 0.5) is 0 Å². The van der Waals surface area contributed by atoms with Crippen molar-refractivity contribution in [2.75, 3.05) is 20.1 Å². The predicted molar refractivity (Wildman–Crippen MR) is 101 cm³/mol. The number of phenolic OH excluding ortho intramolecular Hbond substituents is 1. The van der Waals surface area contributed by atoms with Gasteiger partial charge in [-0.25, -0.2) is 4.98 Å². The van der Waals surface area contributed by atoms with Crippen molar-refractivity contribution in [2.45, 2.75) is 33.2 Å². The Morgan fingerprint density at radius 2 is 2.08 bits per heavy atom. The van der Waals surface area contributed by atoms with Crippen molar-refractivity contribution in [3.05, 3.63) is 45.9 Å². The molecule has 0 atom stereocenters. The Morgan fingerprint density at radius 1 is 1.33 bits per heavy atom. The van der Waals surface area contributed by atoms with E-state index in [1.54, 1.807) is 23.5 Å². The Kier molecular flexibility index (Phi) is 7.06. The lowest BCUT2D eigenvalue weighted by Crippen LogP contribution is -2.38. The number of aryl methyl sites for hydroxylation is 2. The largest absolute Gasteiger partial charge is 0.508 e. The summed E-state index contributed by atoms with van der Waals surface area (Å²) >= 11 is 1.68. The Balaban J connectivity index is 1.86. The molecule has 6 heteroatoms. The minimum absolute atomic E-state index is 0.310. The lowest BCUT2D eigenvalue weighted by Gasteiger charge is -2.21. The second-order valence-corrected chi connectivity index (χ2v) is 6.78. The zero-order valence-corrected chi connectivity index (χ0v) is 15.4. The summed E-state index contributed by atoms with van der Waals surface area (Å²) < 4.78 is 0. The minimum Gasteiger partial charge on any atom is -0.508 e. The van der Waals surface area contributed by atoms with E-state index in [9.17, 15) is 5.11 Å². The van der Waals surface area contributed by atoms with Gasteiger partial charge in [0.15, 0.2) is 5.96 Å². The Bertz CT molecular complexity index is 651. The van der Waals surface area contributed by atoms with Gasteiger partial charge >= 0.3 is 0 Å². The van der Waals surface area contributed by atoms with Crippen LogP contribution in [0.25, 0.3) is 0 Å². The molecule has 0 spiro atoms. The summed E-state index contributed by atoms with van der Waals surface area (Å²) in [7, 11) is 2.04. The number of aliphatic imine (C=N–C) groups is 1. The Morgan fingerprint density at radius 3 is 2.71 bits per heavy atom. The molecule has 0 aliphatic carbocycles. The van der Waals surface area contributed by atoms with E-state index in [0.29, 0.717) is 5.75 Å². The van der Waals surface area contributed by atoms with Crippen LogP contribution in [0.2, 0.25) is 0 Å². The molecular weight excluding hydrogens is 320 g/mol. The van der Waals surface area contributed by atoms with E-state index in [4.69, 9.17) is 4.99 Å². The van der Waals surface area contributed by atoms with Gasteiger partial charge in [-0.2, -0.15) is 0 Å². The van der Waals surface area contributed by atoms with Crippen LogP contribution in [0.15, 0.2) is 34.6 Å². The number of phenols is 1. The van der Waals surface area contributed by atoms with E-state index in [0.717, 1.165) is 49.1 Å². The molecule has 0 amide bonds. The van der Waals surface area contributed by atoms with Gasteiger partial charge in [-0.05, 0) is 44.4 Å². The van der Waals surface area contributed by atoms with Crippen molar-refractivity contribution in [3.8, 4) is 5.75 Å². The maximum atomic E-state index is 9.30. The first-order valence-corrected chi connectivity index (χ1v) is 9.14. The van der Waals surface area contributed by atoms with E-state index < -0.39 is 0 Å². The fourth-order valence-electron chi connectivity index (χ4n) is 2.40. The van der Waals surface area contributed by atoms with Crippen LogP contribution in [0, 0.1) is 6.92 Å². The molecule has 1 heterocycles. The summed E-state index contributed by atoms with van der Waals surface area (Å²) in [4.78, 5) is 11.3. The summed E-state index contributed by atoms with van der Waals surface area (Å²) in [6.45, 7) is 6.47. The zero-order chi connectivity index (χ0) is 17.4. The fraction of sp³-hybridized carbons (Fsp3) is 0.444. The first-order valence-electron chi connectivity index (χ1n) is 8.27. The van der Waals surface area contributed by atoms with Crippen LogP contribution in [0.3, 0.4) is 0 Å². The molecule has 0 aliphatic rings. The van der Waals surface area contributed by atoms with Gasteiger partial charge in [-0.1, -0.05) is 12.1 Å². The van der Waals surface area contributed by atoms with E-state index in [2.05, 4.69) is 27.5 Å². The van der Waals surface area contributed by atoms with Crippen molar-refractivity contribution in [1.82, 2.24) is 15.2 Å². The van der Waals surface area contributed by atoms with Gasteiger partial charge in [0.05, 0.1) is 17.2 Å². The quantitative estimate of drug-likeness (QED) is 0.459. The summed E-state index contributed by atoms with van der Waals surface area (Å²) in [5.74, 6) is 1.22. The number of hydrogen-bond donors (Lipinski definition) is 2. The van der Waals surface area contributed by atoms with Gasteiger partial charge in [0.1, 0.15) is 5.75 Å². The number of hydrogen-bond acceptors (Lipinski definition) is 4. The molecule has 0 saturated carbocycles. The van der Waals surface area contributed by atoms with Crippen LogP contribution < -0.4 is 5.32 Å². The highest BCUT2D eigenvalue weighted by Gasteiger charge is 2.08. The van der Waals surface area contributed by atoms with Gasteiger partial charge in [-0.15, -0.1) is 11.3 Å². The number of guanidine groups is 1. The van der Waals surface area contributed by atoms with Crippen LogP contribution in [-0.4, -0.2) is 41.1 Å². The number of nitrogens with one attached hydrogen (secondary N) is 1. The number of benzene rings is 1. The average molecular weight is 347 g/mol. The Hall–Kier alpha value is -2.08. The van der Waals surface area contributed by atoms with Crippen molar-refractivity contribution >= 4 is 17.3 Å². The predicted octanol–water partition coefficient (Wildman–Crippen LogP) is 3.19. The standard InChI is InChI=1S/C18H26N4OS/c1-4-19-18(22(3)12-16-13-24-14(2)21-16)20-11-5-6-15-7-9-17(23)10-8-15/h7-10,13,23H,4-6,11-12H2,1-3H3,(H,19,20). The second-order valence-electron chi connectivity index (χ2n) is 5.72. The topological polar surface area (TPSA) is 60.8 Å². The molecule has 0 saturated heterocycles. The van der Waals surface area contributed by atoms with Crippen molar-refractivity contribution < 1.29 is 5.11 Å². The maximum Gasteiger partial charge on any atom is 0.194 e. The van der Waals surface area contributed by atoms with Crippen molar-refractivity contribution in [3.63, 3.8) is 0 Å². The Labute approximate surface area is 148 Å². The van der Waals surface area contributed by atoms with Gasteiger partial charge in [-0.3, -0.25) is 4.99 Å². The van der Waals surface area contributed by atoms with Gasteiger partial charge < -0.3 is 15.3 Å². The van der Waals surface area contributed by atoms with Crippen molar-refractivity contribution in [2.24, 2.45) is 4.99 Å². The smallest absolute Gasteiger partial charge is 0.194 e. The van der Waals surface area contributed by atoms with Crippen LogP contribution >= 0.6 is 11.3 Å². The third-order valence-electron chi connectivity index (χ3n) is 3.58. The molecule has 24 heavy (non-hydrogen) atoms. The molecule has 0 unspecified atom stereocenters. The number of nitrogens with zero attached hydrogens (tertiary/aromatic N) is 3. The number of aromatic hydroxyl groups is 1. The van der Waals surface area contributed by atoms with Crippen LogP contribution in [0.5, 0.6) is 5.75 Å². The zero-order valence-electron chi connectivity index (χ0n) is 14.6. The van der Waals surface area contributed by atoms with E-state index in [1.165, 1.54) is 5.56 Å². The minimum atomic E-state index is 0.310. The number of thiazole rings is 1. The first kappa shape index (κ1) is 18.3. The molecule has 2 N–H and O–H groups in total. The van der Waals surface area contributed by atoms with E-state index in [-0.39, 0.29) is 0 Å². The molecule has 2 rings (SSSR count). The molecule has 0 aliphatic heterocycles. The second kappa shape index (κ2) is 9.27. The SMILES string of the molecule is CCNC(=NCCCc1ccc(O)cc1)N(C)Cc1csc(C)n1. The van der Waals surface area contributed by atoms with E-state index in [1.807, 2.05) is 26.1 Å². The third kappa shape index (κ3) is 5.85. The highest BCUT2D eigenvalue weighted by atomic mass is 32.1. The molecule has 130 valence electrons. The molecule has 1 aromatic carbocycles. The number of rotatable bonds is 7. The van der Waals surface area contributed by atoms with Crippen LogP contribution in [-0.2, 0) is 13.0 Å². The summed E-state index contributed by atoms with van der Waals surface area (Å²) in [6, 6.07) is 7.38. The number of aromatic nitrogens is 1. The summed E-state index contributed by atoms with van der Waals surface area (Å²) in [5, 5.41) is 15.8. The first-order chi connectivity index (χ1) is 11.6. The molecule has 0 bridgehead atoms. The molecule has 1 aromatic heterocycles. The molecular formula is C18H26N4OS. The summed E-state index contributed by atoms with van der Waals surface area (Å²) in [5.41, 5.74) is 2.30. The molecule has 0 fully saturated rings.